The number of carbonyl (C=O) groups excluding carboxylic acids is 2. The number of aromatic amines is 2. The molecule has 7 atom stereocenters. The topological polar surface area (TPSA) is 157 Å². The van der Waals surface area contributed by atoms with Gasteiger partial charge in [0.05, 0.1) is 37.3 Å². The molecule has 0 bridgehead atoms. The van der Waals surface area contributed by atoms with Crippen LogP contribution in [0.3, 0.4) is 0 Å². The van der Waals surface area contributed by atoms with E-state index in [2.05, 4.69) is 49.2 Å². The summed E-state index contributed by atoms with van der Waals surface area (Å²) in [5.41, 5.74) is 3.36. The number of alkyl carbamates (subject to hydrolysis) is 1. The third-order valence-corrected chi connectivity index (χ3v) is 10.4. The Labute approximate surface area is 277 Å². The number of nitrogens with one attached hydrogen (secondary N) is 3. The van der Waals surface area contributed by atoms with Crippen molar-refractivity contribution in [3.8, 4) is 23.1 Å². The fourth-order valence-electron chi connectivity index (χ4n) is 7.71. The average Bonchev–Trinajstić information content (AvgIpc) is 3.68. The van der Waals surface area contributed by atoms with Crippen molar-refractivity contribution in [2.45, 2.75) is 69.7 Å². The van der Waals surface area contributed by atoms with Gasteiger partial charge in [-0.2, -0.15) is 0 Å². The monoisotopic (exact) mass is 647 g/mol. The smallest absolute Gasteiger partial charge is 0.408 e. The first-order chi connectivity index (χ1) is 23.2. The predicted molar refractivity (Wildman–Crippen MR) is 175 cm³/mol. The van der Waals surface area contributed by atoms with Crippen LogP contribution in [0.15, 0.2) is 48.8 Å². The summed E-state index contributed by atoms with van der Waals surface area (Å²) in [6, 6.07) is 11.4. The Balaban J connectivity index is 0.965. The van der Waals surface area contributed by atoms with Crippen LogP contribution in [0.4, 0.5) is 9.59 Å². The molecule has 4 heterocycles. The lowest BCUT2D eigenvalue weighted by molar-refractivity contribution is -0.136. The maximum absolute atomic E-state index is 13.6. The lowest BCUT2D eigenvalue weighted by Crippen LogP contribution is -2.52. The van der Waals surface area contributed by atoms with Gasteiger partial charge in [-0.3, -0.25) is 9.69 Å². The van der Waals surface area contributed by atoms with E-state index in [1.54, 1.807) is 17.3 Å². The molecule has 2 saturated carbocycles. The van der Waals surface area contributed by atoms with E-state index >= 15 is 0 Å². The average molecular weight is 648 g/mol. The third kappa shape index (κ3) is 5.33. The minimum atomic E-state index is -0.879. The fourth-order valence-corrected chi connectivity index (χ4v) is 7.71. The number of hydrogen-bond acceptors (Lipinski definition) is 6. The van der Waals surface area contributed by atoms with Gasteiger partial charge in [-0.15, -0.1) is 0 Å². The Morgan fingerprint density at radius 3 is 2.29 bits per heavy atom. The van der Waals surface area contributed by atoms with Crippen LogP contribution in [0.25, 0.3) is 22.0 Å². The molecule has 2 aromatic carbocycles. The van der Waals surface area contributed by atoms with E-state index in [4.69, 9.17) is 4.74 Å². The summed E-state index contributed by atoms with van der Waals surface area (Å²) < 4.78 is 4.76. The van der Waals surface area contributed by atoms with E-state index in [1.807, 2.05) is 43.0 Å². The molecule has 2 aromatic heterocycles. The van der Waals surface area contributed by atoms with Crippen molar-refractivity contribution in [3.63, 3.8) is 0 Å². The van der Waals surface area contributed by atoms with Crippen molar-refractivity contribution in [2.24, 2.45) is 17.8 Å². The molecule has 2 saturated heterocycles. The number of benzene rings is 2. The van der Waals surface area contributed by atoms with Gasteiger partial charge in [0.15, 0.2) is 0 Å². The number of hydrogen-bond donors (Lipinski definition) is 4. The number of carbonyl (C=O) groups is 3. The van der Waals surface area contributed by atoms with Crippen molar-refractivity contribution in [1.82, 2.24) is 35.1 Å². The van der Waals surface area contributed by atoms with E-state index in [-0.39, 0.29) is 36.0 Å². The first-order valence-corrected chi connectivity index (χ1v) is 16.5. The Morgan fingerprint density at radius 2 is 1.56 bits per heavy atom. The number of aromatic nitrogens is 4. The fraction of sp³-hybridized carbons (Fsp3) is 0.417. The van der Waals surface area contributed by atoms with Gasteiger partial charge in [0.2, 0.25) is 5.91 Å². The molecule has 4 aromatic rings. The van der Waals surface area contributed by atoms with E-state index in [0.717, 1.165) is 53.3 Å². The summed E-state index contributed by atoms with van der Waals surface area (Å²) >= 11 is 0. The minimum absolute atomic E-state index is 0.0983. The second-order valence-corrected chi connectivity index (χ2v) is 13.8. The Hall–Kier alpha value is -5.31. The lowest BCUT2D eigenvalue weighted by Gasteiger charge is -2.31. The number of imidazole rings is 2. The number of carboxylic acid groups (broad SMARTS) is 1. The molecular weight excluding hydrogens is 610 g/mol. The van der Waals surface area contributed by atoms with Gasteiger partial charge >= 0.3 is 12.2 Å². The third-order valence-electron chi connectivity index (χ3n) is 10.4. The number of nitrogens with zero attached hydrogens (tertiary/aromatic N) is 4. The zero-order chi connectivity index (χ0) is 33.3. The summed E-state index contributed by atoms with van der Waals surface area (Å²) in [6.45, 7) is 3.82. The van der Waals surface area contributed by atoms with Crippen LogP contribution >= 0.6 is 0 Å². The molecule has 48 heavy (non-hydrogen) atoms. The summed E-state index contributed by atoms with van der Waals surface area (Å²) in [5, 5.41) is 14.5. The largest absolute Gasteiger partial charge is 0.465 e. The number of H-pyrrole nitrogens is 2. The molecule has 4 N–H and O–H groups in total. The highest BCUT2D eigenvalue weighted by molar-refractivity contribution is 5.88. The quantitative estimate of drug-likeness (QED) is 0.209. The molecule has 12 heteroatoms. The number of rotatable bonds is 6. The van der Waals surface area contributed by atoms with Gasteiger partial charge in [0.25, 0.3) is 0 Å². The molecule has 0 radical (unpaired) electrons. The van der Waals surface area contributed by atoms with Crippen molar-refractivity contribution in [3.05, 3.63) is 71.7 Å². The van der Waals surface area contributed by atoms with Gasteiger partial charge in [0.1, 0.15) is 23.4 Å². The first-order valence-electron chi connectivity index (χ1n) is 16.5. The molecule has 8 rings (SSSR count). The predicted octanol–water partition coefficient (Wildman–Crippen LogP) is 5.21. The van der Waals surface area contributed by atoms with E-state index in [9.17, 15) is 19.5 Å². The highest BCUT2D eigenvalue weighted by atomic mass is 16.5. The van der Waals surface area contributed by atoms with Crippen LogP contribution < -0.4 is 5.32 Å². The molecule has 4 unspecified atom stereocenters. The zero-order valence-corrected chi connectivity index (χ0v) is 26.9. The second-order valence-electron chi connectivity index (χ2n) is 13.8. The van der Waals surface area contributed by atoms with Crippen LogP contribution in [-0.4, -0.2) is 78.2 Å². The van der Waals surface area contributed by atoms with Gasteiger partial charge in [0, 0.05) is 23.2 Å². The van der Waals surface area contributed by atoms with Crippen molar-refractivity contribution in [2.75, 3.05) is 7.11 Å². The highest BCUT2D eigenvalue weighted by Gasteiger charge is 2.57. The maximum Gasteiger partial charge on any atom is 0.408 e. The summed E-state index contributed by atoms with van der Waals surface area (Å²) in [7, 11) is 1.29. The zero-order valence-electron chi connectivity index (χ0n) is 26.9. The Bertz CT molecular complexity index is 2010. The number of ether oxygens (including phenoxy) is 1. The summed E-state index contributed by atoms with van der Waals surface area (Å²) in [6.07, 6.45) is 5.56. The molecule has 4 aliphatic rings. The molecule has 246 valence electrons. The number of piperidine rings is 2. The highest BCUT2D eigenvalue weighted by Crippen LogP contribution is 2.54. The Kier molecular flexibility index (Phi) is 7.16. The van der Waals surface area contributed by atoms with Crippen LogP contribution in [0.1, 0.15) is 74.5 Å². The van der Waals surface area contributed by atoms with Crippen LogP contribution in [-0.2, 0) is 9.53 Å². The normalized spacial score (nSPS) is 25.7. The lowest BCUT2D eigenvalue weighted by atomic mass is 10.0. The van der Waals surface area contributed by atoms with E-state index in [0.29, 0.717) is 29.2 Å². The van der Waals surface area contributed by atoms with Crippen molar-refractivity contribution >= 4 is 28.9 Å². The van der Waals surface area contributed by atoms with Gasteiger partial charge in [-0.05, 0) is 78.3 Å². The first kappa shape index (κ1) is 30.1. The molecular formula is C36H37N7O5. The van der Waals surface area contributed by atoms with Gasteiger partial charge in [-0.25, -0.2) is 19.6 Å². The molecule has 2 aliphatic heterocycles. The second kappa shape index (κ2) is 11.4. The molecule has 4 fully saturated rings. The molecule has 12 nitrogen and oxygen atoms in total. The van der Waals surface area contributed by atoms with E-state index in [1.165, 1.54) is 7.11 Å². The standard InChI is InChI=1S/C36H37N7O5/c1-18(2)31(41-35(45)48-3)34(44)42-27-12-23(27)14-29(42)32-37-16-25(39-32)9-5-19-4-6-21-11-22(8-7-20(21)10-19)26-17-38-33(40-26)30-15-24-13-28(24)43(30)36(46)47/h4,6-8,10-11,16-18,23-24,27-31H,12-15H2,1-3H3,(H,37,39)(H,38,40)(H,41,45)(H,46,47)/t23-,24?,27-,28?,29+,30?,31?/m1/s1. The SMILES string of the molecule is COC(=O)NC(C(=O)N1[C@@H]2C[C@@H]2C[C@H]1c1ncc(C#Cc2ccc3cc(-c4cnc(C5CC6CC6N5C(=O)O)[nH]4)ccc3c2)[nH]1)C(C)C. The van der Waals surface area contributed by atoms with Gasteiger partial charge < -0.3 is 30.0 Å². The maximum atomic E-state index is 13.6. The number of amides is 3. The number of likely N-dealkylation sites (tertiary alicyclic amines) is 2. The molecule has 0 spiro atoms. The minimum Gasteiger partial charge on any atom is -0.465 e. The summed E-state index contributed by atoms with van der Waals surface area (Å²) in [5.74, 6) is 8.51. The van der Waals surface area contributed by atoms with Crippen LogP contribution in [0.2, 0.25) is 0 Å². The Morgan fingerprint density at radius 1 is 0.896 bits per heavy atom. The molecule has 2 aliphatic carbocycles. The number of fused-ring (bicyclic) bond motifs is 3. The van der Waals surface area contributed by atoms with Crippen LogP contribution in [0, 0.1) is 29.6 Å². The van der Waals surface area contributed by atoms with Crippen molar-refractivity contribution < 1.29 is 24.2 Å². The van der Waals surface area contributed by atoms with Crippen molar-refractivity contribution in [1.29, 1.82) is 0 Å². The number of methoxy groups -OCH3 is 1. The van der Waals surface area contributed by atoms with Gasteiger partial charge in [-0.1, -0.05) is 38.0 Å². The van der Waals surface area contributed by atoms with E-state index < -0.39 is 18.2 Å². The van der Waals surface area contributed by atoms with Crippen LogP contribution in [0.5, 0.6) is 0 Å². The molecule has 3 amide bonds. The summed E-state index contributed by atoms with van der Waals surface area (Å²) in [4.78, 5) is 56.7.